The summed E-state index contributed by atoms with van der Waals surface area (Å²) in [6, 6.07) is 0.680. The number of aromatic nitrogens is 2. The summed E-state index contributed by atoms with van der Waals surface area (Å²) in [5.41, 5.74) is 0. The van der Waals surface area contributed by atoms with Crippen molar-refractivity contribution in [2.24, 2.45) is 0 Å². The SMILES string of the molecule is CCn1c(Br)cnc1OC(C)C. The highest BCUT2D eigenvalue weighted by atomic mass is 79.9. The van der Waals surface area contributed by atoms with E-state index < -0.39 is 0 Å². The van der Waals surface area contributed by atoms with Crippen LogP contribution in [0.1, 0.15) is 20.8 Å². The monoisotopic (exact) mass is 232 g/mol. The number of hydrogen-bond acceptors (Lipinski definition) is 2. The molecule has 0 fully saturated rings. The van der Waals surface area contributed by atoms with Crippen LogP contribution >= 0.6 is 15.9 Å². The Kier molecular flexibility index (Phi) is 3.14. The second kappa shape index (κ2) is 3.94. The molecule has 1 aromatic rings. The molecule has 0 amide bonds. The van der Waals surface area contributed by atoms with E-state index in [1.54, 1.807) is 6.20 Å². The van der Waals surface area contributed by atoms with Crippen LogP contribution in [0.4, 0.5) is 0 Å². The van der Waals surface area contributed by atoms with Crippen LogP contribution in [0.15, 0.2) is 10.8 Å². The van der Waals surface area contributed by atoms with Crippen LogP contribution in [-0.4, -0.2) is 15.7 Å². The van der Waals surface area contributed by atoms with Crippen molar-refractivity contribution in [1.29, 1.82) is 0 Å². The molecule has 3 nitrogen and oxygen atoms in total. The van der Waals surface area contributed by atoms with Gasteiger partial charge in [-0.3, -0.25) is 4.57 Å². The fraction of sp³-hybridized carbons (Fsp3) is 0.625. The predicted molar refractivity (Wildman–Crippen MR) is 51.4 cm³/mol. The minimum absolute atomic E-state index is 0.171. The van der Waals surface area contributed by atoms with Gasteiger partial charge in [-0.25, -0.2) is 4.98 Å². The standard InChI is InChI=1S/C8H13BrN2O/c1-4-11-7(9)5-10-8(11)12-6(2)3/h5-6H,4H2,1-3H3. The third-order valence-corrected chi connectivity index (χ3v) is 2.06. The van der Waals surface area contributed by atoms with Crippen molar-refractivity contribution in [2.45, 2.75) is 33.4 Å². The first-order valence-electron chi connectivity index (χ1n) is 4.02. The zero-order valence-electron chi connectivity index (χ0n) is 7.54. The van der Waals surface area contributed by atoms with Crippen molar-refractivity contribution in [1.82, 2.24) is 9.55 Å². The van der Waals surface area contributed by atoms with Crippen molar-refractivity contribution in [3.8, 4) is 6.01 Å². The summed E-state index contributed by atoms with van der Waals surface area (Å²) < 4.78 is 8.41. The Morgan fingerprint density at radius 1 is 1.67 bits per heavy atom. The van der Waals surface area contributed by atoms with Gasteiger partial charge in [-0.1, -0.05) is 0 Å². The lowest BCUT2D eigenvalue weighted by Crippen LogP contribution is -2.10. The summed E-state index contributed by atoms with van der Waals surface area (Å²) >= 11 is 3.39. The molecule has 1 rings (SSSR count). The van der Waals surface area contributed by atoms with Crippen molar-refractivity contribution in [3.05, 3.63) is 10.8 Å². The second-order valence-electron chi connectivity index (χ2n) is 2.77. The number of imidazole rings is 1. The highest BCUT2D eigenvalue weighted by Gasteiger charge is 2.08. The van der Waals surface area contributed by atoms with Gasteiger partial charge in [0.15, 0.2) is 0 Å². The molecule has 0 aromatic carbocycles. The smallest absolute Gasteiger partial charge is 0.297 e. The molecule has 1 aromatic heterocycles. The molecule has 12 heavy (non-hydrogen) atoms. The number of hydrogen-bond donors (Lipinski definition) is 0. The second-order valence-corrected chi connectivity index (χ2v) is 3.59. The normalized spacial score (nSPS) is 10.8. The van der Waals surface area contributed by atoms with E-state index in [1.165, 1.54) is 0 Å². The van der Waals surface area contributed by atoms with Gasteiger partial charge in [-0.05, 0) is 36.7 Å². The maximum absolute atomic E-state index is 5.48. The summed E-state index contributed by atoms with van der Waals surface area (Å²) in [5, 5.41) is 0. The van der Waals surface area contributed by atoms with E-state index in [2.05, 4.69) is 27.8 Å². The van der Waals surface area contributed by atoms with E-state index >= 15 is 0 Å². The van der Waals surface area contributed by atoms with Gasteiger partial charge in [-0.15, -0.1) is 0 Å². The molecule has 4 heteroatoms. The van der Waals surface area contributed by atoms with E-state index in [4.69, 9.17) is 4.74 Å². The lowest BCUT2D eigenvalue weighted by Gasteiger charge is -2.10. The van der Waals surface area contributed by atoms with E-state index in [-0.39, 0.29) is 6.10 Å². The fourth-order valence-corrected chi connectivity index (χ4v) is 1.44. The van der Waals surface area contributed by atoms with Gasteiger partial charge in [0.2, 0.25) is 0 Å². The van der Waals surface area contributed by atoms with Gasteiger partial charge in [0.25, 0.3) is 6.01 Å². The maximum atomic E-state index is 5.48. The molecule has 0 N–H and O–H groups in total. The molecular formula is C8H13BrN2O. The molecule has 0 bridgehead atoms. The first-order chi connectivity index (χ1) is 5.65. The molecule has 68 valence electrons. The molecule has 0 saturated heterocycles. The summed E-state index contributed by atoms with van der Waals surface area (Å²) in [5.74, 6) is 0. The molecule has 0 saturated carbocycles. The first-order valence-corrected chi connectivity index (χ1v) is 4.82. The Morgan fingerprint density at radius 2 is 2.33 bits per heavy atom. The van der Waals surface area contributed by atoms with Crippen LogP contribution in [0.25, 0.3) is 0 Å². The fourth-order valence-electron chi connectivity index (χ4n) is 0.930. The Morgan fingerprint density at radius 3 is 2.83 bits per heavy atom. The zero-order chi connectivity index (χ0) is 9.14. The van der Waals surface area contributed by atoms with E-state index in [0.717, 1.165) is 11.1 Å². The predicted octanol–water partition coefficient (Wildman–Crippen LogP) is 2.45. The number of nitrogens with zero attached hydrogens (tertiary/aromatic N) is 2. The van der Waals surface area contributed by atoms with E-state index in [9.17, 15) is 0 Å². The summed E-state index contributed by atoms with van der Waals surface area (Å²) in [7, 11) is 0. The quantitative estimate of drug-likeness (QED) is 0.801. The average Bonchev–Trinajstić information content (AvgIpc) is 2.30. The number of rotatable bonds is 3. The van der Waals surface area contributed by atoms with Crippen molar-refractivity contribution >= 4 is 15.9 Å². The Labute approximate surface area is 80.9 Å². The van der Waals surface area contributed by atoms with E-state index in [1.807, 2.05) is 18.4 Å². The molecule has 0 spiro atoms. The van der Waals surface area contributed by atoms with Crippen LogP contribution in [0.3, 0.4) is 0 Å². The number of ether oxygens (including phenoxy) is 1. The minimum atomic E-state index is 0.171. The lowest BCUT2D eigenvalue weighted by atomic mass is 10.5. The van der Waals surface area contributed by atoms with Crippen molar-refractivity contribution < 1.29 is 4.74 Å². The third-order valence-electron chi connectivity index (χ3n) is 1.43. The van der Waals surface area contributed by atoms with Gasteiger partial charge in [0, 0.05) is 6.54 Å². The molecule has 0 unspecified atom stereocenters. The number of halogens is 1. The molecule has 0 atom stereocenters. The third kappa shape index (κ3) is 2.00. The minimum Gasteiger partial charge on any atom is -0.462 e. The van der Waals surface area contributed by atoms with Gasteiger partial charge in [-0.2, -0.15) is 0 Å². The Balaban J connectivity index is 2.84. The van der Waals surface area contributed by atoms with E-state index in [0.29, 0.717) is 6.01 Å². The van der Waals surface area contributed by atoms with Crippen molar-refractivity contribution in [2.75, 3.05) is 0 Å². The lowest BCUT2D eigenvalue weighted by molar-refractivity contribution is 0.212. The molecular weight excluding hydrogens is 220 g/mol. The van der Waals surface area contributed by atoms with Gasteiger partial charge in [0.05, 0.1) is 12.3 Å². The average molecular weight is 233 g/mol. The summed E-state index contributed by atoms with van der Waals surface area (Å²) in [4.78, 5) is 4.12. The van der Waals surface area contributed by atoms with Crippen LogP contribution in [0.5, 0.6) is 6.01 Å². The Hall–Kier alpha value is -0.510. The largest absolute Gasteiger partial charge is 0.462 e. The van der Waals surface area contributed by atoms with Gasteiger partial charge in [0.1, 0.15) is 4.60 Å². The maximum Gasteiger partial charge on any atom is 0.297 e. The van der Waals surface area contributed by atoms with Gasteiger partial charge < -0.3 is 4.74 Å². The van der Waals surface area contributed by atoms with Gasteiger partial charge >= 0.3 is 0 Å². The topological polar surface area (TPSA) is 27.1 Å². The van der Waals surface area contributed by atoms with Crippen LogP contribution in [-0.2, 0) is 6.54 Å². The highest BCUT2D eigenvalue weighted by Crippen LogP contribution is 2.18. The summed E-state index contributed by atoms with van der Waals surface area (Å²) in [6.07, 6.45) is 1.92. The molecule has 0 aliphatic carbocycles. The Bertz CT molecular complexity index is 258. The highest BCUT2D eigenvalue weighted by molar-refractivity contribution is 9.10. The van der Waals surface area contributed by atoms with Crippen LogP contribution in [0, 0.1) is 0 Å². The van der Waals surface area contributed by atoms with Crippen LogP contribution < -0.4 is 4.74 Å². The van der Waals surface area contributed by atoms with Crippen molar-refractivity contribution in [3.63, 3.8) is 0 Å². The summed E-state index contributed by atoms with van der Waals surface area (Å²) in [6.45, 7) is 6.90. The first kappa shape index (κ1) is 9.58. The zero-order valence-corrected chi connectivity index (χ0v) is 9.13. The molecule has 0 radical (unpaired) electrons. The molecule has 0 aliphatic heterocycles. The van der Waals surface area contributed by atoms with Crippen LogP contribution in [0.2, 0.25) is 0 Å². The molecule has 1 heterocycles. The molecule has 0 aliphatic rings.